The van der Waals surface area contributed by atoms with Crippen LogP contribution in [0.15, 0.2) is 11.6 Å². The van der Waals surface area contributed by atoms with E-state index in [2.05, 4.69) is 0 Å². The van der Waals surface area contributed by atoms with Crippen LogP contribution in [0.1, 0.15) is 114 Å². The summed E-state index contributed by atoms with van der Waals surface area (Å²) in [6.07, 6.45) is 2.06. The smallest absolute Gasteiger partial charge is 0.303 e. The number of rotatable bonds is 9. The monoisotopic (exact) mass is 648 g/mol. The van der Waals surface area contributed by atoms with Crippen molar-refractivity contribution in [3.63, 3.8) is 0 Å². The van der Waals surface area contributed by atoms with E-state index in [0.29, 0.717) is 31.3 Å². The second kappa shape index (κ2) is 12.3. The third-order valence-electron chi connectivity index (χ3n) is 11.7. The van der Waals surface area contributed by atoms with E-state index in [9.17, 15) is 34.2 Å². The molecular weight excluding hydrogens is 596 g/mol. The summed E-state index contributed by atoms with van der Waals surface area (Å²) in [5.41, 5.74) is -4.67. The molecule has 0 spiro atoms. The summed E-state index contributed by atoms with van der Waals surface area (Å²) in [6, 6.07) is 0. The predicted molar refractivity (Wildman–Crippen MR) is 165 cm³/mol. The first-order valence-corrected chi connectivity index (χ1v) is 16.5. The van der Waals surface area contributed by atoms with Crippen LogP contribution in [0.5, 0.6) is 0 Å². The van der Waals surface area contributed by atoms with E-state index in [1.54, 1.807) is 26.8 Å². The van der Waals surface area contributed by atoms with Gasteiger partial charge in [0.05, 0.1) is 5.60 Å². The lowest BCUT2D eigenvalue weighted by Crippen LogP contribution is -2.64. The van der Waals surface area contributed by atoms with Gasteiger partial charge in [-0.25, -0.2) is 0 Å². The zero-order chi connectivity index (χ0) is 34.6. The summed E-state index contributed by atoms with van der Waals surface area (Å²) in [6.45, 7) is 14.2. The zero-order valence-electron chi connectivity index (χ0n) is 28.8. The molecule has 1 unspecified atom stereocenters. The molecule has 258 valence electrons. The molecule has 11 nitrogen and oxygen atoms in total. The number of aliphatic hydroxyl groups is 2. The van der Waals surface area contributed by atoms with Crippen LogP contribution in [0.3, 0.4) is 0 Å². The summed E-state index contributed by atoms with van der Waals surface area (Å²) >= 11 is 0. The number of ether oxygens (including phenoxy) is 4. The maximum Gasteiger partial charge on any atom is 0.303 e. The molecule has 0 saturated heterocycles. The molecule has 10 atom stereocenters. The number of fused-ring (bicyclic) bond motifs is 5. The van der Waals surface area contributed by atoms with E-state index in [4.69, 9.17) is 18.9 Å². The van der Waals surface area contributed by atoms with Gasteiger partial charge in [-0.2, -0.15) is 0 Å². The molecule has 3 fully saturated rings. The van der Waals surface area contributed by atoms with Crippen LogP contribution in [0.25, 0.3) is 0 Å². The Balaban J connectivity index is 1.79. The van der Waals surface area contributed by atoms with Crippen molar-refractivity contribution in [3.8, 4) is 0 Å². The van der Waals surface area contributed by atoms with Gasteiger partial charge in [-0.1, -0.05) is 13.8 Å². The third-order valence-corrected chi connectivity index (χ3v) is 11.7. The summed E-state index contributed by atoms with van der Waals surface area (Å²) < 4.78 is 23.3. The Kier molecular flexibility index (Phi) is 9.67. The van der Waals surface area contributed by atoms with Gasteiger partial charge in [0.2, 0.25) is 0 Å². The Morgan fingerprint density at radius 1 is 0.891 bits per heavy atom. The van der Waals surface area contributed by atoms with Crippen LogP contribution in [-0.2, 0) is 42.9 Å². The second-order valence-corrected chi connectivity index (χ2v) is 15.5. The molecule has 0 bridgehead atoms. The lowest BCUT2D eigenvalue weighted by Gasteiger charge is -2.61. The first-order chi connectivity index (χ1) is 21.1. The molecule has 4 aliphatic rings. The minimum atomic E-state index is -1.56. The highest BCUT2D eigenvalue weighted by molar-refractivity contribution is 5.95. The van der Waals surface area contributed by atoms with Crippen molar-refractivity contribution in [2.75, 3.05) is 0 Å². The number of carbonyl (C=O) groups excluding carboxylic acids is 5. The van der Waals surface area contributed by atoms with Crippen molar-refractivity contribution in [1.82, 2.24) is 0 Å². The van der Waals surface area contributed by atoms with E-state index >= 15 is 0 Å². The van der Waals surface area contributed by atoms with Crippen molar-refractivity contribution < 1.29 is 53.1 Å². The number of hydrogen-bond donors (Lipinski definition) is 2. The highest BCUT2D eigenvalue weighted by atomic mass is 16.6. The average Bonchev–Trinajstić information content (AvgIpc) is 3.19. The topological polar surface area (TPSA) is 163 Å². The van der Waals surface area contributed by atoms with Crippen molar-refractivity contribution in [2.24, 2.45) is 28.6 Å². The molecule has 0 aromatic heterocycles. The molecule has 0 aromatic carbocycles. The maximum atomic E-state index is 14.1. The van der Waals surface area contributed by atoms with Gasteiger partial charge in [0.15, 0.2) is 5.78 Å². The van der Waals surface area contributed by atoms with Gasteiger partial charge >= 0.3 is 23.9 Å². The Hall–Kier alpha value is -2.79. The van der Waals surface area contributed by atoms with E-state index in [0.717, 1.165) is 0 Å². The van der Waals surface area contributed by atoms with Crippen LogP contribution in [0, 0.1) is 28.6 Å². The number of esters is 4. The van der Waals surface area contributed by atoms with Gasteiger partial charge in [-0.3, -0.25) is 24.0 Å². The molecule has 0 amide bonds. The van der Waals surface area contributed by atoms with Crippen molar-refractivity contribution >= 4 is 29.7 Å². The SMILES string of the molecule is CC(=O)OC(CCC(C)(C)O)[C@@](C)(O)[C@H]1CC[C@@]2(OC(C)=O)C3=CC(=O)[C@@H]4C[C@@H](OC(C)=O)[C@@H](OC(C)=O)C[C@]4(C)[C@H]3CC[C@]12C. The van der Waals surface area contributed by atoms with Crippen molar-refractivity contribution in [3.05, 3.63) is 11.6 Å². The summed E-state index contributed by atoms with van der Waals surface area (Å²) in [5, 5.41) is 22.7. The molecule has 3 saturated carbocycles. The van der Waals surface area contributed by atoms with Crippen LogP contribution in [0.2, 0.25) is 0 Å². The third kappa shape index (κ3) is 6.38. The minimum absolute atomic E-state index is 0.166. The van der Waals surface area contributed by atoms with Crippen LogP contribution < -0.4 is 0 Å². The summed E-state index contributed by atoms with van der Waals surface area (Å²) in [7, 11) is 0. The maximum absolute atomic E-state index is 14.1. The van der Waals surface area contributed by atoms with Crippen molar-refractivity contribution in [1.29, 1.82) is 0 Å². The van der Waals surface area contributed by atoms with E-state index < -0.39 is 81.7 Å². The lowest BCUT2D eigenvalue weighted by atomic mass is 9.45. The van der Waals surface area contributed by atoms with Gasteiger partial charge in [-0.15, -0.1) is 0 Å². The van der Waals surface area contributed by atoms with Crippen LogP contribution in [0.4, 0.5) is 0 Å². The summed E-state index contributed by atoms with van der Waals surface area (Å²) in [5.74, 6) is -3.49. The molecule has 2 N–H and O–H groups in total. The fourth-order valence-corrected chi connectivity index (χ4v) is 9.76. The quantitative estimate of drug-likeness (QED) is 0.273. The Morgan fingerprint density at radius 2 is 1.50 bits per heavy atom. The molecule has 4 rings (SSSR count). The standard InChI is InChI=1S/C35H52O11/c1-19(36)43-27-17-25-26(40)16-24-23(32(25,7)18-28(27)44-20(2)37)10-14-33(8)29(11-15-35(24,33)46-22(4)39)34(9,42)30(45-21(3)38)12-13-31(5,6)41/h16,23,25,27-30,41-42H,10-15,17-18H2,1-9H3/t23-,25-,27+,28-,29-,30?,32+,33+,34-,35+/m0/s1. The number of ketones is 1. The molecule has 4 aliphatic carbocycles. The molecule has 0 aliphatic heterocycles. The van der Waals surface area contributed by atoms with E-state index in [-0.39, 0.29) is 37.4 Å². The van der Waals surface area contributed by atoms with Crippen LogP contribution in [-0.4, -0.2) is 75.0 Å². The molecule has 0 aromatic rings. The number of allylic oxidation sites excluding steroid dienone is 1. The predicted octanol–water partition coefficient (Wildman–Crippen LogP) is 4.14. The minimum Gasteiger partial charge on any atom is -0.459 e. The van der Waals surface area contributed by atoms with Crippen molar-refractivity contribution in [2.45, 2.75) is 149 Å². The van der Waals surface area contributed by atoms with Gasteiger partial charge in [0.25, 0.3) is 0 Å². The molecule has 11 heteroatoms. The van der Waals surface area contributed by atoms with Gasteiger partial charge in [0.1, 0.15) is 29.5 Å². The fourth-order valence-electron chi connectivity index (χ4n) is 9.76. The second-order valence-electron chi connectivity index (χ2n) is 15.5. The Bertz CT molecular complexity index is 1290. The molecule has 0 heterocycles. The van der Waals surface area contributed by atoms with E-state index in [1.165, 1.54) is 27.7 Å². The van der Waals surface area contributed by atoms with Gasteiger partial charge < -0.3 is 29.2 Å². The number of carbonyl (C=O) groups is 5. The summed E-state index contributed by atoms with van der Waals surface area (Å²) in [4.78, 5) is 63.2. The normalized spacial score (nSPS) is 37.3. The highest BCUT2D eigenvalue weighted by Crippen LogP contribution is 2.70. The first-order valence-electron chi connectivity index (χ1n) is 16.5. The first kappa shape index (κ1) is 36.1. The zero-order valence-corrected chi connectivity index (χ0v) is 28.8. The lowest BCUT2D eigenvalue weighted by molar-refractivity contribution is -0.205. The molecular formula is C35H52O11. The van der Waals surface area contributed by atoms with Crippen LogP contribution >= 0.6 is 0 Å². The average molecular weight is 649 g/mol. The number of hydrogen-bond acceptors (Lipinski definition) is 11. The highest BCUT2D eigenvalue weighted by Gasteiger charge is 2.71. The molecule has 0 radical (unpaired) electrons. The van der Waals surface area contributed by atoms with Gasteiger partial charge in [0, 0.05) is 44.9 Å². The Morgan fingerprint density at radius 3 is 2.04 bits per heavy atom. The molecule has 46 heavy (non-hydrogen) atoms. The van der Waals surface area contributed by atoms with E-state index in [1.807, 2.05) is 13.8 Å². The largest absolute Gasteiger partial charge is 0.459 e. The Labute approximate surface area is 271 Å². The fraction of sp³-hybridized carbons (Fsp3) is 0.800. The van der Waals surface area contributed by atoms with Gasteiger partial charge in [-0.05, 0) is 95.1 Å².